The van der Waals surface area contributed by atoms with Gasteiger partial charge in [-0.15, -0.1) is 0 Å². The SMILES string of the molecule is C[Si](C)(C)C(c1cc(C([Si](C)(C)C)[Si](C)(C)C)[c]([Ge]([Cl])[C](Cl)=C2c3ccccc3-c3ccccc32)c(C([Si](C)(C)C)[Si](C)(C)C)c1)[Si](C)(C)C. The van der Waals surface area contributed by atoms with Crippen molar-refractivity contribution in [3.63, 3.8) is 0 Å². The average molecular weight is 872 g/mol. The Balaban J connectivity index is 2.29. The molecule has 273 valence electrons. The van der Waals surface area contributed by atoms with Gasteiger partial charge in [-0.1, -0.05) is 0 Å². The van der Waals surface area contributed by atoms with Crippen LogP contribution < -0.4 is 4.40 Å². The van der Waals surface area contributed by atoms with E-state index < -0.39 is 61.9 Å². The molecule has 0 aliphatic heterocycles. The van der Waals surface area contributed by atoms with Crippen LogP contribution in [0.25, 0.3) is 16.7 Å². The molecule has 0 heterocycles. The van der Waals surface area contributed by atoms with E-state index >= 15 is 0 Å². The molecule has 0 N–H and O–H groups in total. The molecule has 3 aromatic carbocycles. The number of halogens is 2. The normalized spacial score (nSPS) is 14.7. The summed E-state index contributed by atoms with van der Waals surface area (Å²) in [6, 6.07) is 23.3. The van der Waals surface area contributed by atoms with Gasteiger partial charge in [0.25, 0.3) is 0 Å². The van der Waals surface area contributed by atoms with Crippen molar-refractivity contribution in [3.05, 3.63) is 92.3 Å². The summed E-state index contributed by atoms with van der Waals surface area (Å²) >= 11 is 5.16. The van der Waals surface area contributed by atoms with Gasteiger partial charge in [-0.2, -0.15) is 0 Å². The van der Waals surface area contributed by atoms with Crippen molar-refractivity contribution < 1.29 is 0 Å². The van der Waals surface area contributed by atoms with Crippen LogP contribution in [0.2, 0.25) is 118 Å². The predicted molar refractivity (Wildman–Crippen MR) is 250 cm³/mol. The molecule has 1 aliphatic rings. The van der Waals surface area contributed by atoms with E-state index in [1.165, 1.54) is 27.8 Å². The van der Waals surface area contributed by atoms with E-state index in [2.05, 4.69) is 179 Å². The number of hydrogen-bond donors (Lipinski definition) is 0. The van der Waals surface area contributed by atoms with Crippen molar-refractivity contribution in [3.8, 4) is 11.1 Å². The van der Waals surface area contributed by atoms with Crippen LogP contribution in [0.5, 0.6) is 0 Å². The van der Waals surface area contributed by atoms with Crippen molar-refractivity contribution in [2.45, 2.75) is 133 Å². The second-order valence-electron chi connectivity index (χ2n) is 21.7. The Kier molecular flexibility index (Phi) is 12.3. The van der Waals surface area contributed by atoms with Crippen LogP contribution in [0.1, 0.15) is 43.3 Å². The Morgan fingerprint density at radius 3 is 1.02 bits per heavy atom. The molecule has 0 saturated heterocycles. The van der Waals surface area contributed by atoms with Gasteiger partial charge in [0.1, 0.15) is 0 Å². The minimum atomic E-state index is -2.81. The second-order valence-corrected chi connectivity index (χ2v) is 61.7. The first kappa shape index (κ1) is 42.6. The first-order chi connectivity index (χ1) is 22.5. The molecule has 0 nitrogen and oxygen atoms in total. The van der Waals surface area contributed by atoms with Crippen molar-refractivity contribution in [2.24, 2.45) is 0 Å². The summed E-state index contributed by atoms with van der Waals surface area (Å²) in [7, 11) is -1.64. The average Bonchev–Trinajstić information content (AvgIpc) is 3.22. The van der Waals surface area contributed by atoms with Gasteiger partial charge in [0.05, 0.1) is 0 Å². The standard InChI is InChI=1S/C41H67Cl2GeSi6/c1-45(2,3)39(46(4,5)6)29-27-34(40(47(7,8)9)48(10,11)12)37(35(28-29)41(49(13,14)15)50(16,17)18)44(43)38(42)36-32-25-21-19-23-30(32)31-24-20-22-26-33(31)36/h19-28,39-41H,1-18H3. The van der Waals surface area contributed by atoms with Gasteiger partial charge >= 0.3 is 330 Å². The molecule has 0 aromatic heterocycles. The first-order valence-corrected chi connectivity index (χ1v) is 45.5. The summed E-state index contributed by atoms with van der Waals surface area (Å²) in [5.41, 5.74) is 11.2. The fourth-order valence-electron chi connectivity index (χ4n) is 10.8. The molecule has 4 rings (SSSR count). The summed E-state index contributed by atoms with van der Waals surface area (Å²) in [6.45, 7) is 47.3. The fourth-order valence-corrected chi connectivity index (χ4v) is 56.0. The number of rotatable bonds is 11. The quantitative estimate of drug-likeness (QED) is 0.132. The van der Waals surface area contributed by atoms with E-state index in [0.717, 1.165) is 3.86 Å². The van der Waals surface area contributed by atoms with Gasteiger partial charge in [-0.3, -0.25) is 0 Å². The molecule has 1 aliphatic carbocycles. The molecule has 0 fully saturated rings. The minimum absolute atomic E-state index is 0.593. The summed E-state index contributed by atoms with van der Waals surface area (Å²) in [6.07, 6.45) is 0. The molecule has 9 heteroatoms. The zero-order chi connectivity index (χ0) is 38.2. The van der Waals surface area contributed by atoms with Gasteiger partial charge < -0.3 is 0 Å². The van der Waals surface area contributed by atoms with Crippen LogP contribution in [0.4, 0.5) is 0 Å². The Bertz CT molecular complexity index is 1620. The molecule has 0 bridgehead atoms. The summed E-state index contributed by atoms with van der Waals surface area (Å²) in [4.78, 5) is 0. The fraction of sp³-hybridized carbons (Fsp3) is 0.512. The molecule has 3 aromatic rings. The Hall–Kier alpha value is -0.176. The number of fused-ring (bicyclic) bond motifs is 3. The van der Waals surface area contributed by atoms with Crippen LogP contribution in [-0.4, -0.2) is 61.9 Å². The van der Waals surface area contributed by atoms with E-state index in [1.54, 1.807) is 21.1 Å². The van der Waals surface area contributed by atoms with Gasteiger partial charge in [0, 0.05) is 0 Å². The van der Waals surface area contributed by atoms with Gasteiger partial charge in [0.15, 0.2) is 0 Å². The van der Waals surface area contributed by atoms with E-state index in [9.17, 15) is 0 Å². The molecule has 0 amide bonds. The maximum absolute atomic E-state index is 8.34. The van der Waals surface area contributed by atoms with Gasteiger partial charge in [-0.05, 0) is 0 Å². The zero-order valence-electron chi connectivity index (χ0n) is 34.8. The predicted octanol–water partition coefficient (Wildman–Crippen LogP) is 13.9. The molecule has 0 atom stereocenters. The summed E-state index contributed by atoms with van der Waals surface area (Å²) in [5, 5.41) is 1.86. The van der Waals surface area contributed by atoms with E-state index in [0.29, 0.717) is 15.5 Å². The molecule has 0 unspecified atom stereocenters. The van der Waals surface area contributed by atoms with E-state index in [4.69, 9.17) is 21.6 Å². The van der Waals surface area contributed by atoms with Crippen LogP contribution in [-0.2, 0) is 0 Å². The van der Waals surface area contributed by atoms with Crippen LogP contribution in [0.3, 0.4) is 0 Å². The summed E-state index contributed by atoms with van der Waals surface area (Å²) in [5.74, 6) is 0. The van der Waals surface area contributed by atoms with Crippen molar-refractivity contribution in [1.29, 1.82) is 0 Å². The maximum atomic E-state index is 8.34. The third-order valence-electron chi connectivity index (χ3n) is 10.7. The Morgan fingerprint density at radius 2 is 0.740 bits per heavy atom. The Morgan fingerprint density at radius 1 is 0.460 bits per heavy atom. The third-order valence-corrected chi connectivity index (χ3v) is 45.7. The van der Waals surface area contributed by atoms with Crippen molar-refractivity contribution in [1.82, 2.24) is 0 Å². The Labute approximate surface area is 327 Å². The number of hydrogen-bond acceptors (Lipinski definition) is 0. The summed E-state index contributed by atoms with van der Waals surface area (Å²) < 4.78 is 2.51. The van der Waals surface area contributed by atoms with E-state index in [1.807, 2.05) is 0 Å². The molecule has 0 saturated carbocycles. The second kappa shape index (κ2) is 14.5. The monoisotopic (exact) mass is 871 g/mol. The van der Waals surface area contributed by atoms with Gasteiger partial charge in [0.2, 0.25) is 0 Å². The van der Waals surface area contributed by atoms with Crippen molar-refractivity contribution >= 4 is 93.4 Å². The van der Waals surface area contributed by atoms with Crippen molar-refractivity contribution in [2.75, 3.05) is 0 Å². The molecule has 1 radical (unpaired) electrons. The topological polar surface area (TPSA) is 0 Å². The van der Waals surface area contributed by atoms with Crippen LogP contribution in [0.15, 0.2) is 64.5 Å². The molecular formula is C41H67Cl2GeSi6. The van der Waals surface area contributed by atoms with Crippen LogP contribution >= 0.6 is 21.6 Å². The van der Waals surface area contributed by atoms with Gasteiger partial charge in [-0.25, -0.2) is 0 Å². The third kappa shape index (κ3) is 8.69. The first-order valence-electron chi connectivity index (χ1n) is 18.8. The van der Waals surface area contributed by atoms with Crippen LogP contribution in [0, 0.1) is 0 Å². The number of benzene rings is 3. The molecule has 50 heavy (non-hydrogen) atoms. The molecule has 0 spiro atoms. The molecular weight excluding hydrogens is 804 g/mol. The zero-order valence-corrected chi connectivity index (χ0v) is 44.4. The van der Waals surface area contributed by atoms with E-state index in [-0.39, 0.29) is 0 Å².